The Morgan fingerprint density at radius 2 is 1.51 bits per heavy atom. The maximum Gasteiger partial charge on any atom is 0.231 e. The lowest BCUT2D eigenvalue weighted by molar-refractivity contribution is -0.118. The zero-order valence-electron chi connectivity index (χ0n) is 25.1. The highest BCUT2D eigenvalue weighted by atomic mass is 35.5. The fourth-order valence-electron chi connectivity index (χ4n) is 4.84. The summed E-state index contributed by atoms with van der Waals surface area (Å²) in [5.74, 6) is 1.13. The van der Waals surface area contributed by atoms with Crippen LogP contribution in [-0.4, -0.2) is 30.1 Å². The highest BCUT2D eigenvalue weighted by molar-refractivity contribution is 6.30. The molecule has 224 valence electrons. The van der Waals surface area contributed by atoms with Crippen LogP contribution < -0.4 is 19.7 Å². The molecule has 0 saturated heterocycles. The Bertz CT molecular complexity index is 1550. The normalized spacial score (nSPS) is 13.8. The summed E-state index contributed by atoms with van der Waals surface area (Å²) in [5, 5.41) is 14.8. The number of ether oxygens (including phenoxy) is 2. The van der Waals surface area contributed by atoms with Crippen molar-refractivity contribution in [3.63, 3.8) is 0 Å². The first-order chi connectivity index (χ1) is 20.5. The largest absolute Gasteiger partial charge is 0.493 e. The van der Waals surface area contributed by atoms with Gasteiger partial charge in [-0.2, -0.15) is 0 Å². The van der Waals surface area contributed by atoms with Crippen LogP contribution in [0.5, 0.6) is 11.5 Å². The van der Waals surface area contributed by atoms with Crippen LogP contribution in [0.4, 0.5) is 11.4 Å². The molecule has 0 spiro atoms. The molecule has 0 radical (unpaired) electrons. The number of benzene rings is 4. The Kier molecular flexibility index (Phi) is 10.1. The summed E-state index contributed by atoms with van der Waals surface area (Å²) in [5.41, 5.74) is 3.52. The van der Waals surface area contributed by atoms with Crippen molar-refractivity contribution in [2.45, 2.75) is 52.4 Å². The lowest BCUT2D eigenvalue weighted by Gasteiger charge is -2.31. The van der Waals surface area contributed by atoms with E-state index in [9.17, 15) is 14.7 Å². The average molecular weight is 601 g/mol. The molecule has 0 saturated carbocycles. The standard InChI is InChI=1S/C29H32N2O5.C6H5Cl/c1-18(2)36-27-15-21-17-31(28(33)16-20(21)14-26(27)35-5)25-12-8-23(9-13-25)29(4,34)22-6-10-24(11-7-22)30-19(3)32;7-6-4-2-1-3-5-6/h6-15,18,34H,16-17H2,1-5H3,(H,30,32);1-5H/t29-;/m0./s1. The Balaban J connectivity index is 0.000000530. The molecule has 5 rings (SSSR count). The summed E-state index contributed by atoms with van der Waals surface area (Å²) in [7, 11) is 1.60. The molecule has 1 heterocycles. The number of rotatable bonds is 7. The van der Waals surface area contributed by atoms with Crippen LogP contribution in [0, 0.1) is 0 Å². The number of halogens is 1. The molecule has 2 N–H and O–H groups in total. The highest BCUT2D eigenvalue weighted by Gasteiger charge is 2.29. The molecule has 0 fully saturated rings. The Morgan fingerprint density at radius 1 is 0.930 bits per heavy atom. The topological polar surface area (TPSA) is 88.1 Å². The van der Waals surface area contributed by atoms with Gasteiger partial charge in [-0.1, -0.05) is 54.1 Å². The van der Waals surface area contributed by atoms with E-state index in [0.29, 0.717) is 34.9 Å². The number of carbonyl (C=O) groups excluding carboxylic acids is 2. The van der Waals surface area contributed by atoms with Gasteiger partial charge in [0.1, 0.15) is 5.60 Å². The second-order valence-electron chi connectivity index (χ2n) is 10.8. The molecular weight excluding hydrogens is 564 g/mol. The third-order valence-electron chi connectivity index (χ3n) is 7.06. The summed E-state index contributed by atoms with van der Waals surface area (Å²) in [4.78, 5) is 26.0. The predicted octanol–water partition coefficient (Wildman–Crippen LogP) is 7.13. The van der Waals surface area contributed by atoms with Gasteiger partial charge in [0, 0.05) is 23.3 Å². The molecule has 0 unspecified atom stereocenters. The number of fused-ring (bicyclic) bond motifs is 1. The van der Waals surface area contributed by atoms with Gasteiger partial charge >= 0.3 is 0 Å². The first kappa shape index (κ1) is 31.6. The van der Waals surface area contributed by atoms with Crippen molar-refractivity contribution in [3.8, 4) is 11.5 Å². The maximum atomic E-state index is 13.0. The van der Waals surface area contributed by atoms with Crippen LogP contribution in [0.15, 0.2) is 91.0 Å². The van der Waals surface area contributed by atoms with E-state index < -0.39 is 5.60 Å². The third-order valence-corrected chi connectivity index (χ3v) is 7.31. The average Bonchev–Trinajstić information content (AvgIpc) is 2.97. The number of nitrogens with one attached hydrogen (secondary N) is 1. The number of anilines is 2. The molecule has 4 aromatic carbocycles. The zero-order chi connectivity index (χ0) is 31.1. The zero-order valence-corrected chi connectivity index (χ0v) is 25.8. The second kappa shape index (κ2) is 13.8. The summed E-state index contributed by atoms with van der Waals surface area (Å²) in [6.07, 6.45) is 0.272. The molecule has 4 aromatic rings. The number of aliphatic hydroxyl groups is 1. The quantitative estimate of drug-likeness (QED) is 0.236. The van der Waals surface area contributed by atoms with Crippen molar-refractivity contribution in [1.82, 2.24) is 0 Å². The van der Waals surface area contributed by atoms with Crippen molar-refractivity contribution < 1.29 is 24.2 Å². The molecule has 7 nitrogen and oxygen atoms in total. The summed E-state index contributed by atoms with van der Waals surface area (Å²) >= 11 is 5.54. The van der Waals surface area contributed by atoms with Crippen LogP contribution in [0.2, 0.25) is 5.02 Å². The fourth-order valence-corrected chi connectivity index (χ4v) is 4.99. The van der Waals surface area contributed by atoms with E-state index in [1.807, 2.05) is 80.6 Å². The van der Waals surface area contributed by atoms with E-state index in [2.05, 4.69) is 5.32 Å². The van der Waals surface area contributed by atoms with Crippen LogP contribution in [-0.2, 0) is 28.2 Å². The van der Waals surface area contributed by atoms with Crippen LogP contribution in [0.3, 0.4) is 0 Å². The number of hydrogen-bond donors (Lipinski definition) is 2. The number of hydrogen-bond acceptors (Lipinski definition) is 5. The van der Waals surface area contributed by atoms with E-state index in [1.165, 1.54) is 6.92 Å². The second-order valence-corrected chi connectivity index (χ2v) is 11.2. The lowest BCUT2D eigenvalue weighted by Crippen LogP contribution is -2.36. The van der Waals surface area contributed by atoms with E-state index in [1.54, 1.807) is 43.2 Å². The molecule has 1 aliphatic rings. The first-order valence-corrected chi connectivity index (χ1v) is 14.4. The molecule has 43 heavy (non-hydrogen) atoms. The van der Waals surface area contributed by atoms with Crippen LogP contribution >= 0.6 is 11.6 Å². The van der Waals surface area contributed by atoms with Gasteiger partial charge in [-0.15, -0.1) is 0 Å². The Labute approximate surface area is 258 Å². The Hall–Kier alpha value is -4.33. The molecule has 0 aromatic heterocycles. The van der Waals surface area contributed by atoms with Crippen LogP contribution in [0.25, 0.3) is 0 Å². The molecule has 1 aliphatic heterocycles. The van der Waals surface area contributed by atoms with Crippen molar-refractivity contribution >= 4 is 34.8 Å². The number of amides is 2. The summed E-state index contributed by atoms with van der Waals surface area (Å²) < 4.78 is 11.4. The Morgan fingerprint density at radius 3 is 2.02 bits per heavy atom. The number of nitrogens with zero attached hydrogens (tertiary/aromatic N) is 1. The number of methoxy groups -OCH3 is 1. The van der Waals surface area contributed by atoms with Crippen molar-refractivity contribution in [2.75, 3.05) is 17.3 Å². The van der Waals surface area contributed by atoms with Gasteiger partial charge < -0.3 is 24.8 Å². The predicted molar refractivity (Wildman–Crippen MR) is 171 cm³/mol. The smallest absolute Gasteiger partial charge is 0.231 e. The van der Waals surface area contributed by atoms with E-state index in [-0.39, 0.29) is 24.3 Å². The van der Waals surface area contributed by atoms with Gasteiger partial charge in [-0.25, -0.2) is 0 Å². The minimum atomic E-state index is -1.24. The monoisotopic (exact) mass is 600 g/mol. The van der Waals surface area contributed by atoms with Crippen molar-refractivity contribution in [2.24, 2.45) is 0 Å². The minimum Gasteiger partial charge on any atom is -0.493 e. The van der Waals surface area contributed by atoms with Crippen LogP contribution in [0.1, 0.15) is 49.9 Å². The van der Waals surface area contributed by atoms with E-state index in [4.69, 9.17) is 21.1 Å². The summed E-state index contributed by atoms with van der Waals surface area (Å²) in [6.45, 7) is 7.52. The first-order valence-electron chi connectivity index (χ1n) is 14.1. The van der Waals surface area contributed by atoms with Gasteiger partial charge in [0.2, 0.25) is 11.8 Å². The fraction of sp³-hybridized carbons (Fsp3) is 0.257. The summed E-state index contributed by atoms with van der Waals surface area (Å²) in [6, 6.07) is 27.8. The maximum absolute atomic E-state index is 13.0. The lowest BCUT2D eigenvalue weighted by atomic mass is 9.88. The molecule has 8 heteroatoms. The van der Waals surface area contributed by atoms with Gasteiger partial charge in [0.25, 0.3) is 0 Å². The minimum absolute atomic E-state index is 0.000199. The molecule has 0 bridgehead atoms. The third kappa shape index (κ3) is 7.95. The SMILES string of the molecule is COc1cc2c(cc1OC(C)C)CN(c1ccc([C@@](C)(O)c3ccc(NC(C)=O)cc3)cc1)C(=O)C2.Clc1ccccc1. The molecular formula is C35H37ClN2O5. The number of carbonyl (C=O) groups is 2. The van der Waals surface area contributed by atoms with Crippen molar-refractivity contribution in [3.05, 3.63) is 118 Å². The van der Waals surface area contributed by atoms with Gasteiger partial charge in [-0.05, 0) is 91.6 Å². The molecule has 1 atom stereocenters. The molecule has 2 amide bonds. The van der Waals surface area contributed by atoms with Gasteiger partial charge in [0.15, 0.2) is 11.5 Å². The van der Waals surface area contributed by atoms with Crippen molar-refractivity contribution in [1.29, 1.82) is 0 Å². The van der Waals surface area contributed by atoms with E-state index in [0.717, 1.165) is 21.8 Å². The van der Waals surface area contributed by atoms with Gasteiger partial charge in [-0.3, -0.25) is 9.59 Å². The highest BCUT2D eigenvalue weighted by Crippen LogP contribution is 2.36. The van der Waals surface area contributed by atoms with E-state index >= 15 is 0 Å². The molecule has 0 aliphatic carbocycles. The van der Waals surface area contributed by atoms with Gasteiger partial charge in [0.05, 0.1) is 26.2 Å².